The molecule has 21 heavy (non-hydrogen) atoms. The summed E-state index contributed by atoms with van der Waals surface area (Å²) >= 11 is 0. The second-order valence-electron chi connectivity index (χ2n) is 6.37. The highest BCUT2D eigenvalue weighted by Gasteiger charge is 2.51. The van der Waals surface area contributed by atoms with Crippen molar-refractivity contribution in [3.05, 3.63) is 34.9 Å². The standard InChI is InChI=1S/C17H23NO3/c1-11-6-12(2)8-14(7-11)17(4-5-17)16(21)18-10-13(3)9-15(19)20/h6-8,13H,4-5,9-10H2,1-3H3,(H,18,21)(H,19,20). The molecule has 0 heterocycles. The fourth-order valence-corrected chi connectivity index (χ4v) is 2.83. The Morgan fingerprint density at radius 2 is 1.81 bits per heavy atom. The first kappa shape index (κ1) is 15.5. The molecule has 0 spiro atoms. The summed E-state index contributed by atoms with van der Waals surface area (Å²) in [7, 11) is 0. The van der Waals surface area contributed by atoms with Crippen molar-refractivity contribution >= 4 is 11.9 Å². The Hall–Kier alpha value is -1.84. The van der Waals surface area contributed by atoms with Gasteiger partial charge in [-0.2, -0.15) is 0 Å². The Morgan fingerprint density at radius 1 is 1.24 bits per heavy atom. The fourth-order valence-electron chi connectivity index (χ4n) is 2.83. The molecule has 1 saturated carbocycles. The van der Waals surface area contributed by atoms with Crippen LogP contribution in [-0.4, -0.2) is 23.5 Å². The maximum atomic E-state index is 12.5. The van der Waals surface area contributed by atoms with Crippen LogP contribution in [0.3, 0.4) is 0 Å². The molecular weight excluding hydrogens is 266 g/mol. The molecule has 1 aromatic rings. The number of carbonyl (C=O) groups excluding carboxylic acids is 1. The molecule has 1 unspecified atom stereocenters. The average Bonchev–Trinajstić information content (AvgIpc) is 3.15. The van der Waals surface area contributed by atoms with Gasteiger partial charge in [-0.15, -0.1) is 0 Å². The highest BCUT2D eigenvalue weighted by molar-refractivity contribution is 5.91. The van der Waals surface area contributed by atoms with Gasteiger partial charge in [-0.05, 0) is 38.2 Å². The van der Waals surface area contributed by atoms with Crippen molar-refractivity contribution in [1.29, 1.82) is 0 Å². The van der Waals surface area contributed by atoms with Crippen LogP contribution in [-0.2, 0) is 15.0 Å². The Morgan fingerprint density at radius 3 is 2.29 bits per heavy atom. The molecule has 114 valence electrons. The molecule has 4 heteroatoms. The molecule has 1 aliphatic rings. The summed E-state index contributed by atoms with van der Waals surface area (Å²) in [4.78, 5) is 23.1. The summed E-state index contributed by atoms with van der Waals surface area (Å²) in [6.45, 7) is 6.33. The molecule has 0 bridgehead atoms. The van der Waals surface area contributed by atoms with Crippen LogP contribution in [0.2, 0.25) is 0 Å². The highest BCUT2D eigenvalue weighted by atomic mass is 16.4. The van der Waals surface area contributed by atoms with Crippen LogP contribution in [0.5, 0.6) is 0 Å². The topological polar surface area (TPSA) is 66.4 Å². The van der Waals surface area contributed by atoms with Crippen molar-refractivity contribution in [2.75, 3.05) is 6.54 Å². The van der Waals surface area contributed by atoms with Crippen LogP contribution in [0, 0.1) is 19.8 Å². The minimum atomic E-state index is -0.827. The quantitative estimate of drug-likeness (QED) is 0.846. The molecule has 1 aromatic carbocycles. The van der Waals surface area contributed by atoms with Gasteiger partial charge in [0.2, 0.25) is 5.91 Å². The van der Waals surface area contributed by atoms with E-state index in [0.717, 1.165) is 18.4 Å². The molecule has 0 saturated heterocycles. The van der Waals surface area contributed by atoms with Gasteiger partial charge >= 0.3 is 5.97 Å². The lowest BCUT2D eigenvalue weighted by Crippen LogP contribution is -2.37. The first-order chi connectivity index (χ1) is 9.83. The van der Waals surface area contributed by atoms with Crippen molar-refractivity contribution in [1.82, 2.24) is 5.32 Å². The molecule has 0 aromatic heterocycles. The zero-order valence-electron chi connectivity index (χ0n) is 12.9. The zero-order chi connectivity index (χ0) is 15.6. The fraction of sp³-hybridized carbons (Fsp3) is 0.529. The molecule has 0 aliphatic heterocycles. The third-order valence-corrected chi connectivity index (χ3v) is 4.09. The lowest BCUT2D eigenvalue weighted by molar-refractivity contribution is -0.138. The van der Waals surface area contributed by atoms with Gasteiger partial charge in [-0.25, -0.2) is 0 Å². The summed E-state index contributed by atoms with van der Waals surface area (Å²) < 4.78 is 0. The molecule has 1 atom stereocenters. The molecule has 1 amide bonds. The van der Waals surface area contributed by atoms with Gasteiger partial charge in [0.1, 0.15) is 0 Å². The highest BCUT2D eigenvalue weighted by Crippen LogP contribution is 2.48. The van der Waals surface area contributed by atoms with E-state index in [2.05, 4.69) is 23.5 Å². The summed E-state index contributed by atoms with van der Waals surface area (Å²) in [5.41, 5.74) is 3.04. The van der Waals surface area contributed by atoms with Gasteiger partial charge in [0.25, 0.3) is 0 Å². The van der Waals surface area contributed by atoms with Crippen molar-refractivity contribution < 1.29 is 14.7 Å². The molecule has 1 aliphatic carbocycles. The Labute approximate surface area is 125 Å². The maximum Gasteiger partial charge on any atom is 0.303 e. The van der Waals surface area contributed by atoms with E-state index in [-0.39, 0.29) is 23.7 Å². The largest absolute Gasteiger partial charge is 0.481 e. The minimum Gasteiger partial charge on any atom is -0.481 e. The number of aryl methyl sites for hydroxylation is 2. The minimum absolute atomic E-state index is 0.0322. The summed E-state index contributed by atoms with van der Waals surface area (Å²) in [6.07, 6.45) is 1.82. The van der Waals surface area contributed by atoms with E-state index in [9.17, 15) is 9.59 Å². The summed E-state index contributed by atoms with van der Waals surface area (Å²) in [5, 5.41) is 11.7. The van der Waals surface area contributed by atoms with Gasteiger partial charge < -0.3 is 10.4 Å². The van der Waals surface area contributed by atoms with Gasteiger partial charge in [-0.1, -0.05) is 36.2 Å². The number of rotatable bonds is 6. The lowest BCUT2D eigenvalue weighted by Gasteiger charge is -2.18. The number of hydrogen-bond donors (Lipinski definition) is 2. The first-order valence-electron chi connectivity index (χ1n) is 7.42. The molecular formula is C17H23NO3. The zero-order valence-corrected chi connectivity index (χ0v) is 12.9. The molecule has 1 fully saturated rings. The van der Waals surface area contributed by atoms with Gasteiger partial charge in [-0.3, -0.25) is 9.59 Å². The summed E-state index contributed by atoms with van der Waals surface area (Å²) in [5.74, 6) is -0.849. The third kappa shape index (κ3) is 3.63. The van der Waals surface area contributed by atoms with Crippen molar-refractivity contribution in [2.45, 2.75) is 45.4 Å². The van der Waals surface area contributed by atoms with E-state index in [0.29, 0.717) is 6.54 Å². The molecule has 2 rings (SSSR count). The molecule has 4 nitrogen and oxygen atoms in total. The van der Waals surface area contributed by atoms with E-state index in [1.54, 1.807) is 0 Å². The van der Waals surface area contributed by atoms with Crippen molar-refractivity contribution in [3.8, 4) is 0 Å². The lowest BCUT2D eigenvalue weighted by atomic mass is 9.91. The smallest absolute Gasteiger partial charge is 0.303 e. The Bertz CT molecular complexity index is 541. The number of carboxylic acid groups (broad SMARTS) is 1. The monoisotopic (exact) mass is 289 g/mol. The van der Waals surface area contributed by atoms with Crippen LogP contribution in [0.1, 0.15) is 42.9 Å². The van der Waals surface area contributed by atoms with Crippen LogP contribution >= 0.6 is 0 Å². The Kier molecular flexibility index (Phi) is 4.35. The van der Waals surface area contributed by atoms with Crippen LogP contribution < -0.4 is 5.32 Å². The van der Waals surface area contributed by atoms with Crippen LogP contribution in [0.15, 0.2) is 18.2 Å². The maximum absolute atomic E-state index is 12.5. The molecule has 0 radical (unpaired) electrons. The number of nitrogens with one attached hydrogen (secondary N) is 1. The van der Waals surface area contributed by atoms with E-state index < -0.39 is 5.97 Å². The second kappa shape index (κ2) is 5.88. The number of benzene rings is 1. The number of aliphatic carboxylic acids is 1. The van der Waals surface area contributed by atoms with Crippen molar-refractivity contribution in [2.24, 2.45) is 5.92 Å². The number of carbonyl (C=O) groups is 2. The predicted octanol–water partition coefficient (Wildman–Crippen LogP) is 2.56. The van der Waals surface area contributed by atoms with Crippen molar-refractivity contribution in [3.63, 3.8) is 0 Å². The van der Waals surface area contributed by atoms with Crippen LogP contribution in [0.25, 0.3) is 0 Å². The van der Waals surface area contributed by atoms with Gasteiger partial charge in [0, 0.05) is 13.0 Å². The van der Waals surface area contributed by atoms with E-state index in [4.69, 9.17) is 5.11 Å². The van der Waals surface area contributed by atoms with Crippen LogP contribution in [0.4, 0.5) is 0 Å². The third-order valence-electron chi connectivity index (χ3n) is 4.09. The predicted molar refractivity (Wildman–Crippen MR) is 81.3 cm³/mol. The molecule has 2 N–H and O–H groups in total. The average molecular weight is 289 g/mol. The SMILES string of the molecule is Cc1cc(C)cc(C2(C(=O)NCC(C)CC(=O)O)CC2)c1. The number of carboxylic acids is 1. The second-order valence-corrected chi connectivity index (χ2v) is 6.37. The van der Waals surface area contributed by atoms with E-state index >= 15 is 0 Å². The summed E-state index contributed by atoms with van der Waals surface area (Å²) in [6, 6.07) is 6.27. The van der Waals surface area contributed by atoms with E-state index in [1.807, 2.05) is 20.8 Å². The normalized spacial score (nSPS) is 17.1. The van der Waals surface area contributed by atoms with Gasteiger partial charge in [0.15, 0.2) is 0 Å². The van der Waals surface area contributed by atoms with Gasteiger partial charge in [0.05, 0.1) is 5.41 Å². The number of hydrogen-bond acceptors (Lipinski definition) is 2. The Balaban J connectivity index is 2.03. The first-order valence-corrected chi connectivity index (χ1v) is 7.42. The van der Waals surface area contributed by atoms with E-state index in [1.165, 1.54) is 11.1 Å². The number of amides is 1.